The molecule has 11 nitrogen and oxygen atoms in total. The van der Waals surface area contributed by atoms with E-state index in [0.29, 0.717) is 0 Å². The molecule has 0 fully saturated rings. The maximum Gasteiger partial charge on any atom is 0.352 e. The summed E-state index contributed by atoms with van der Waals surface area (Å²) in [5, 5.41) is 18.2. The summed E-state index contributed by atoms with van der Waals surface area (Å²) in [4.78, 5) is 33.5. The average molecular weight is 413 g/mol. The fourth-order valence-electron chi connectivity index (χ4n) is 0.915. The van der Waals surface area contributed by atoms with Gasteiger partial charge in [-0.15, -0.1) is 0 Å². The normalized spacial score (nSPS) is 6.91. The standard InChI is InChI=1S/C10H12O5.6H2O.2Ti/c1-5(2)7(11)10(15,9(13)14)8(12)6(3)4;;;;;;;;/h15H,1,3H2,2,4H3,(H,13,14);6*1H2;;/p-3. The zero-order valence-electron chi connectivity index (χ0n) is 12.4. The molecule has 0 saturated carbocycles. The Bertz CT molecular complexity index is 355. The van der Waals surface area contributed by atoms with Gasteiger partial charge in [-0.3, -0.25) is 9.59 Å². The second-order valence-electron chi connectivity index (χ2n) is 3.23. The van der Waals surface area contributed by atoms with Gasteiger partial charge in [0.2, 0.25) is 11.6 Å². The minimum atomic E-state index is -3.10. The van der Waals surface area contributed by atoms with E-state index in [2.05, 4.69) is 13.2 Å². The predicted octanol–water partition coefficient (Wildman–Crippen LogP) is -2.92. The van der Waals surface area contributed by atoms with Crippen molar-refractivity contribution in [2.45, 2.75) is 19.4 Å². The van der Waals surface area contributed by atoms with Crippen molar-refractivity contribution in [1.82, 2.24) is 0 Å². The number of Topliss-reactive ketones (excluding diaryl/α,β-unsaturated/α-hetero) is 2. The van der Waals surface area contributed by atoms with E-state index >= 15 is 0 Å². The second kappa shape index (κ2) is 21.4. The van der Waals surface area contributed by atoms with Crippen LogP contribution in [-0.4, -0.2) is 66.2 Å². The summed E-state index contributed by atoms with van der Waals surface area (Å²) in [5.41, 5.74) is -3.53. The van der Waals surface area contributed by atoms with Crippen LogP contribution in [0.15, 0.2) is 24.3 Å². The maximum atomic E-state index is 11.4. The first-order chi connectivity index (χ1) is 6.65. The molecule has 0 saturated heterocycles. The molecule has 0 aliphatic rings. The van der Waals surface area contributed by atoms with Crippen LogP contribution in [0.2, 0.25) is 0 Å². The zero-order chi connectivity index (χ0) is 12.4. The largest absolute Gasteiger partial charge is 0.870 e. The van der Waals surface area contributed by atoms with Gasteiger partial charge in [0.15, 0.2) is 0 Å². The van der Waals surface area contributed by atoms with Gasteiger partial charge >= 0.3 is 5.97 Å². The van der Waals surface area contributed by atoms with Crippen molar-refractivity contribution in [3.8, 4) is 0 Å². The van der Waals surface area contributed by atoms with Crippen LogP contribution >= 0.6 is 0 Å². The average Bonchev–Trinajstić information content (AvgIpc) is 2.13. The molecule has 0 spiro atoms. The molecule has 13 heteroatoms. The molecule has 0 aliphatic carbocycles. The van der Waals surface area contributed by atoms with Gasteiger partial charge in [0.1, 0.15) is 0 Å². The molecular weight excluding hydrogens is 392 g/mol. The Hall–Kier alpha value is -0.561. The van der Waals surface area contributed by atoms with Gasteiger partial charge in [-0.2, -0.15) is 0 Å². The van der Waals surface area contributed by atoms with E-state index in [1.54, 1.807) is 0 Å². The van der Waals surface area contributed by atoms with Gasteiger partial charge in [0.25, 0.3) is 5.60 Å². The number of hydrogen-bond acceptors (Lipinski definition) is 7. The number of carboxylic acid groups (broad SMARTS) is 1. The first-order valence-corrected chi connectivity index (χ1v) is 4.02. The van der Waals surface area contributed by atoms with Crippen LogP contribution in [0.25, 0.3) is 0 Å². The van der Waals surface area contributed by atoms with Crippen molar-refractivity contribution in [1.29, 1.82) is 0 Å². The molecule has 0 aromatic rings. The number of carbonyl (C=O) groups is 3. The molecule has 0 amide bonds. The zero-order valence-corrected chi connectivity index (χ0v) is 15.5. The molecule has 0 unspecified atom stereocenters. The van der Waals surface area contributed by atoms with Crippen LogP contribution in [0.3, 0.4) is 0 Å². The second-order valence-corrected chi connectivity index (χ2v) is 3.23. The Kier molecular flexibility index (Phi) is 53.2. The van der Waals surface area contributed by atoms with Gasteiger partial charge in [-0.05, 0) is 25.0 Å². The van der Waals surface area contributed by atoms with Crippen LogP contribution in [-0.2, 0) is 57.8 Å². The van der Waals surface area contributed by atoms with Crippen LogP contribution in [0.4, 0.5) is 0 Å². The molecule has 0 aliphatic heterocycles. The van der Waals surface area contributed by atoms with Gasteiger partial charge in [0.05, 0.1) is 0 Å². The van der Waals surface area contributed by atoms with Gasteiger partial charge in [-0.25, -0.2) is 4.79 Å². The topological polar surface area (TPSA) is 276 Å². The number of rotatable bonds is 5. The van der Waals surface area contributed by atoms with Crippen molar-refractivity contribution in [3.05, 3.63) is 24.3 Å². The summed E-state index contributed by atoms with van der Waals surface area (Å²) < 4.78 is 0. The number of aliphatic hydroxyl groups is 1. The Morgan fingerprint density at radius 1 is 0.783 bits per heavy atom. The Morgan fingerprint density at radius 3 is 1.04 bits per heavy atom. The maximum absolute atomic E-state index is 11.4. The van der Waals surface area contributed by atoms with E-state index in [1.807, 2.05) is 0 Å². The molecule has 23 heavy (non-hydrogen) atoms. The minimum Gasteiger partial charge on any atom is -0.870 e. The fraction of sp³-hybridized carbons (Fsp3) is 0.300. The first kappa shape index (κ1) is 57.1. The molecule has 0 rings (SSSR count). The van der Waals surface area contributed by atoms with Crippen molar-refractivity contribution < 1.29 is 101 Å². The van der Waals surface area contributed by atoms with E-state index in [1.165, 1.54) is 13.8 Å². The third-order valence-corrected chi connectivity index (χ3v) is 1.74. The van der Waals surface area contributed by atoms with E-state index < -0.39 is 23.1 Å². The van der Waals surface area contributed by atoms with Crippen LogP contribution in [0.1, 0.15) is 13.8 Å². The number of hydrogen-bond donors (Lipinski definition) is 2. The molecule has 11 N–H and O–H groups in total. The SMILES string of the molecule is C=C(C)C(=O)C(O)(C(=O)O)C(=O)C(=C)C.O.O.O.[OH-].[OH-].[OH-].[Ti].[Ti]. The minimum absolute atomic E-state index is 0. The van der Waals surface area contributed by atoms with Gasteiger partial charge in [0, 0.05) is 43.4 Å². The smallest absolute Gasteiger partial charge is 0.352 e. The number of carbonyl (C=O) groups excluding carboxylic acids is 2. The number of aliphatic carboxylic acids is 1. The Labute approximate surface area is 162 Å². The van der Waals surface area contributed by atoms with E-state index in [9.17, 15) is 19.5 Å². The molecule has 0 aromatic heterocycles. The van der Waals surface area contributed by atoms with Crippen LogP contribution in [0, 0.1) is 0 Å². The van der Waals surface area contributed by atoms with E-state index in [4.69, 9.17) is 5.11 Å². The van der Waals surface area contributed by atoms with E-state index in [-0.39, 0.29) is 87.4 Å². The Morgan fingerprint density at radius 2 is 0.957 bits per heavy atom. The summed E-state index contributed by atoms with van der Waals surface area (Å²) in [6.45, 7) is 8.80. The monoisotopic (exact) mass is 413 g/mol. The van der Waals surface area contributed by atoms with Crippen LogP contribution in [0.5, 0.6) is 0 Å². The summed E-state index contributed by atoms with van der Waals surface area (Å²) in [6, 6.07) is 0. The van der Waals surface area contributed by atoms with Crippen molar-refractivity contribution >= 4 is 17.5 Å². The van der Waals surface area contributed by atoms with Crippen molar-refractivity contribution in [2.75, 3.05) is 0 Å². The van der Waals surface area contributed by atoms with Crippen molar-refractivity contribution in [2.24, 2.45) is 0 Å². The van der Waals surface area contributed by atoms with Crippen LogP contribution < -0.4 is 0 Å². The molecule has 0 bridgehead atoms. The fourth-order valence-corrected chi connectivity index (χ4v) is 0.915. The molecule has 0 radical (unpaired) electrons. The molecular formula is C10H21O11Ti2-3. The Balaban J connectivity index is -0.0000000350. The summed E-state index contributed by atoms with van der Waals surface area (Å²) >= 11 is 0. The van der Waals surface area contributed by atoms with E-state index in [0.717, 1.165) is 0 Å². The molecule has 0 atom stereocenters. The number of ketones is 2. The quantitative estimate of drug-likeness (QED) is 0.267. The van der Waals surface area contributed by atoms with Gasteiger partial charge in [-0.1, -0.05) is 13.2 Å². The third-order valence-electron chi connectivity index (χ3n) is 1.74. The summed E-state index contributed by atoms with van der Waals surface area (Å²) in [7, 11) is 0. The van der Waals surface area contributed by atoms with Crippen molar-refractivity contribution in [3.63, 3.8) is 0 Å². The molecule has 0 aromatic carbocycles. The van der Waals surface area contributed by atoms with Gasteiger partial charge < -0.3 is 43.1 Å². The summed E-state index contributed by atoms with van der Waals surface area (Å²) in [5.74, 6) is -4.39. The third kappa shape index (κ3) is 12.5. The number of carboxylic acids is 1. The molecule has 0 heterocycles. The predicted molar refractivity (Wildman–Crippen MR) is 68.9 cm³/mol. The summed E-state index contributed by atoms with van der Waals surface area (Å²) in [6.07, 6.45) is 0. The first-order valence-electron chi connectivity index (χ1n) is 4.02. The molecule has 138 valence electrons.